The zero-order valence-corrected chi connectivity index (χ0v) is 8.54. The molecule has 1 fully saturated rings. The molecule has 1 N–H and O–H groups in total. The van der Waals surface area contributed by atoms with E-state index in [-0.39, 0.29) is 0 Å². The zero-order valence-electron chi connectivity index (χ0n) is 8.54. The summed E-state index contributed by atoms with van der Waals surface area (Å²) in [6.45, 7) is 3.79. The predicted octanol–water partition coefficient (Wildman–Crippen LogP) is 0.839. The Morgan fingerprint density at radius 3 is 3.00 bits per heavy atom. The number of rotatable bonds is 2. The number of aromatic nitrogens is 1. The van der Waals surface area contributed by atoms with Crippen LogP contribution >= 0.6 is 0 Å². The summed E-state index contributed by atoms with van der Waals surface area (Å²) in [5.74, 6) is 0. The molecule has 0 amide bonds. The summed E-state index contributed by atoms with van der Waals surface area (Å²) in [5, 5.41) is 3.29. The van der Waals surface area contributed by atoms with E-state index in [1.54, 1.807) is 0 Å². The topological polar surface area (TPSA) is 28.2 Å². The third-order valence-corrected chi connectivity index (χ3v) is 3.07. The normalized spacial score (nSPS) is 21.4. The number of pyridine rings is 1. The van der Waals surface area contributed by atoms with E-state index >= 15 is 0 Å². The molecular weight excluding hydrogens is 193 g/mol. The maximum absolute atomic E-state index is 12.6. The first-order valence-electron chi connectivity index (χ1n) is 5.35. The van der Waals surface area contributed by atoms with Gasteiger partial charge in [-0.05, 0) is 17.2 Å². The highest BCUT2D eigenvalue weighted by Crippen LogP contribution is 2.18. The van der Waals surface area contributed by atoms with Crippen molar-refractivity contribution < 1.29 is 4.39 Å². The number of nitrogens with zero attached hydrogens (tertiary/aromatic N) is 2. The third kappa shape index (κ3) is 1.75. The summed E-state index contributed by atoms with van der Waals surface area (Å²) in [7, 11) is 0. The first kappa shape index (κ1) is 9.24. The van der Waals surface area contributed by atoms with Crippen molar-refractivity contribution >= 4 is 0 Å². The number of nitrogens with one attached hydrogen (secondary N) is 1. The van der Waals surface area contributed by atoms with E-state index in [9.17, 15) is 4.39 Å². The molecule has 1 saturated heterocycles. The van der Waals surface area contributed by atoms with Crippen LogP contribution in [0.2, 0.25) is 0 Å². The number of hydrogen-bond acceptors (Lipinski definition) is 3. The second kappa shape index (κ2) is 3.54. The Morgan fingerprint density at radius 1 is 1.40 bits per heavy atom. The minimum atomic E-state index is -0.624. The van der Waals surface area contributed by atoms with Crippen LogP contribution in [-0.4, -0.2) is 29.1 Å². The van der Waals surface area contributed by atoms with Crippen LogP contribution in [0.1, 0.15) is 16.8 Å². The van der Waals surface area contributed by atoms with Crippen LogP contribution in [0.3, 0.4) is 0 Å². The molecule has 3 rings (SSSR count). The van der Waals surface area contributed by atoms with Gasteiger partial charge < -0.3 is 5.32 Å². The van der Waals surface area contributed by atoms with Gasteiger partial charge in [-0.15, -0.1) is 0 Å². The van der Waals surface area contributed by atoms with Crippen molar-refractivity contribution in [3.05, 3.63) is 29.1 Å². The lowest BCUT2D eigenvalue weighted by atomic mass is 10.1. The molecule has 4 heteroatoms. The molecule has 3 nitrogen and oxygen atoms in total. The Balaban J connectivity index is 1.70. The summed E-state index contributed by atoms with van der Waals surface area (Å²) < 4.78 is 12.6. The molecule has 0 bridgehead atoms. The van der Waals surface area contributed by atoms with Crippen LogP contribution < -0.4 is 5.32 Å². The van der Waals surface area contributed by atoms with Crippen molar-refractivity contribution in [3.63, 3.8) is 0 Å². The van der Waals surface area contributed by atoms with Gasteiger partial charge in [-0.25, -0.2) is 4.39 Å². The summed E-state index contributed by atoms with van der Waals surface area (Å²) in [5.41, 5.74) is 3.70. The van der Waals surface area contributed by atoms with Gasteiger partial charge in [0.25, 0.3) is 0 Å². The molecule has 0 radical (unpaired) electrons. The number of halogens is 1. The largest absolute Gasteiger partial charge is 0.309 e. The smallest absolute Gasteiger partial charge is 0.125 e. The minimum absolute atomic E-state index is 0.566. The van der Waals surface area contributed by atoms with Crippen molar-refractivity contribution in [1.82, 2.24) is 15.2 Å². The fourth-order valence-corrected chi connectivity index (χ4v) is 2.18. The monoisotopic (exact) mass is 207 g/mol. The van der Waals surface area contributed by atoms with E-state index in [4.69, 9.17) is 0 Å². The molecule has 0 unspecified atom stereocenters. The van der Waals surface area contributed by atoms with Crippen LogP contribution in [0.25, 0.3) is 0 Å². The molecule has 0 aromatic carbocycles. The van der Waals surface area contributed by atoms with Crippen molar-refractivity contribution in [3.8, 4) is 0 Å². The van der Waals surface area contributed by atoms with Crippen LogP contribution in [0.5, 0.6) is 0 Å². The van der Waals surface area contributed by atoms with Crippen molar-refractivity contribution in [2.75, 3.05) is 13.1 Å². The second-order valence-electron chi connectivity index (χ2n) is 4.34. The third-order valence-electron chi connectivity index (χ3n) is 3.07. The van der Waals surface area contributed by atoms with Crippen LogP contribution in [0.4, 0.5) is 4.39 Å². The van der Waals surface area contributed by atoms with Gasteiger partial charge in [0, 0.05) is 38.9 Å². The highest BCUT2D eigenvalue weighted by Gasteiger charge is 2.26. The van der Waals surface area contributed by atoms with Gasteiger partial charge in [0.05, 0.1) is 5.69 Å². The molecule has 0 atom stereocenters. The van der Waals surface area contributed by atoms with Gasteiger partial charge >= 0.3 is 0 Å². The van der Waals surface area contributed by atoms with Crippen LogP contribution in [0, 0.1) is 0 Å². The Bertz CT molecular complexity index is 374. The van der Waals surface area contributed by atoms with Crippen molar-refractivity contribution in [2.24, 2.45) is 0 Å². The average molecular weight is 207 g/mol. The number of fused-ring (bicyclic) bond motifs is 1. The van der Waals surface area contributed by atoms with E-state index in [0.717, 1.165) is 25.3 Å². The Hall–Kier alpha value is -1.00. The van der Waals surface area contributed by atoms with E-state index < -0.39 is 6.17 Å². The molecule has 1 aromatic heterocycles. The highest BCUT2D eigenvalue weighted by atomic mass is 19.1. The standard InChI is InChI=1S/C11H14FN3/c12-10-5-15(6-10)7-11-1-8-2-13-3-9(8)4-14-11/h1,4,10,13H,2-3,5-7H2. The van der Waals surface area contributed by atoms with Crippen molar-refractivity contribution in [2.45, 2.75) is 25.8 Å². The number of alkyl halides is 1. The molecule has 1 aromatic rings. The molecule has 0 saturated carbocycles. The quantitative estimate of drug-likeness (QED) is 0.779. The summed E-state index contributed by atoms with van der Waals surface area (Å²) in [4.78, 5) is 6.48. The second-order valence-corrected chi connectivity index (χ2v) is 4.34. The van der Waals surface area contributed by atoms with E-state index in [1.165, 1.54) is 11.1 Å². The van der Waals surface area contributed by atoms with E-state index in [2.05, 4.69) is 21.3 Å². The summed E-state index contributed by atoms with van der Waals surface area (Å²) in [6.07, 6.45) is 1.32. The lowest BCUT2D eigenvalue weighted by molar-refractivity contribution is 0.0580. The SMILES string of the molecule is FC1CN(Cc2cc3c(cn2)CNC3)C1. The Kier molecular flexibility index (Phi) is 2.18. The lowest BCUT2D eigenvalue weighted by Gasteiger charge is -2.33. The molecule has 2 aliphatic heterocycles. The predicted molar refractivity (Wildman–Crippen MR) is 55.0 cm³/mol. The molecule has 0 aliphatic carbocycles. The van der Waals surface area contributed by atoms with Crippen molar-refractivity contribution in [1.29, 1.82) is 0 Å². The van der Waals surface area contributed by atoms with Crippen LogP contribution in [-0.2, 0) is 19.6 Å². The minimum Gasteiger partial charge on any atom is -0.309 e. The molecular formula is C11H14FN3. The molecule has 15 heavy (non-hydrogen) atoms. The lowest BCUT2D eigenvalue weighted by Crippen LogP contribution is -2.47. The fraction of sp³-hybridized carbons (Fsp3) is 0.545. The first-order valence-corrected chi connectivity index (χ1v) is 5.35. The molecule has 0 spiro atoms. The number of hydrogen-bond donors (Lipinski definition) is 1. The maximum atomic E-state index is 12.6. The Morgan fingerprint density at radius 2 is 2.20 bits per heavy atom. The fourth-order valence-electron chi connectivity index (χ4n) is 2.18. The van der Waals surface area contributed by atoms with Gasteiger partial charge in [-0.3, -0.25) is 9.88 Å². The molecule has 3 heterocycles. The maximum Gasteiger partial charge on any atom is 0.125 e. The Labute approximate surface area is 88.3 Å². The van der Waals surface area contributed by atoms with E-state index in [0.29, 0.717) is 13.1 Å². The summed E-state index contributed by atoms with van der Waals surface area (Å²) >= 11 is 0. The van der Waals surface area contributed by atoms with Gasteiger partial charge in [0.15, 0.2) is 0 Å². The van der Waals surface area contributed by atoms with Gasteiger partial charge in [0.1, 0.15) is 6.17 Å². The zero-order chi connectivity index (χ0) is 10.3. The summed E-state index contributed by atoms with van der Waals surface area (Å²) in [6, 6.07) is 2.14. The number of likely N-dealkylation sites (tertiary alicyclic amines) is 1. The van der Waals surface area contributed by atoms with Gasteiger partial charge in [0.2, 0.25) is 0 Å². The first-order chi connectivity index (χ1) is 7.31. The van der Waals surface area contributed by atoms with Crippen LogP contribution in [0.15, 0.2) is 12.3 Å². The average Bonchev–Trinajstić information content (AvgIpc) is 2.62. The van der Waals surface area contributed by atoms with Gasteiger partial charge in [-0.1, -0.05) is 0 Å². The van der Waals surface area contributed by atoms with E-state index in [1.807, 2.05) is 6.20 Å². The molecule has 2 aliphatic rings. The highest BCUT2D eigenvalue weighted by molar-refractivity contribution is 5.29. The molecule has 80 valence electrons. The van der Waals surface area contributed by atoms with Gasteiger partial charge in [-0.2, -0.15) is 0 Å².